The molecule has 2 rings (SSSR count). The van der Waals surface area contributed by atoms with Crippen LogP contribution in [0, 0.1) is 11.8 Å². The maximum absolute atomic E-state index is 8.75. The standard InChI is InChI=1S/C17H23NO2/c1-20-12-10-18(17-8-9-17)14-16-7-4-6-15(13-16)5-2-3-11-19/h4,6-7,13,17,19H,3,8-12,14H2,1H3. The Bertz CT molecular complexity index is 471. The van der Waals surface area contributed by atoms with Gasteiger partial charge in [-0.3, -0.25) is 4.90 Å². The minimum absolute atomic E-state index is 0.124. The van der Waals surface area contributed by atoms with Crippen LogP contribution in [0.5, 0.6) is 0 Å². The van der Waals surface area contributed by atoms with Crippen molar-refractivity contribution < 1.29 is 9.84 Å². The lowest BCUT2D eigenvalue weighted by Crippen LogP contribution is -2.29. The fraction of sp³-hybridized carbons (Fsp3) is 0.529. The number of nitrogens with zero attached hydrogens (tertiary/aromatic N) is 1. The lowest BCUT2D eigenvalue weighted by molar-refractivity contribution is 0.139. The zero-order valence-electron chi connectivity index (χ0n) is 12.1. The van der Waals surface area contributed by atoms with Gasteiger partial charge < -0.3 is 9.84 Å². The van der Waals surface area contributed by atoms with Crippen LogP contribution >= 0.6 is 0 Å². The van der Waals surface area contributed by atoms with E-state index in [1.807, 2.05) is 6.07 Å². The molecule has 0 spiro atoms. The summed E-state index contributed by atoms with van der Waals surface area (Å²) in [6.45, 7) is 2.86. The molecule has 0 atom stereocenters. The van der Waals surface area contributed by atoms with Crippen molar-refractivity contribution in [2.75, 3.05) is 26.9 Å². The van der Waals surface area contributed by atoms with E-state index >= 15 is 0 Å². The van der Waals surface area contributed by atoms with E-state index in [-0.39, 0.29) is 6.61 Å². The van der Waals surface area contributed by atoms with Gasteiger partial charge in [0.2, 0.25) is 0 Å². The van der Waals surface area contributed by atoms with Gasteiger partial charge in [0.15, 0.2) is 0 Å². The zero-order chi connectivity index (χ0) is 14.2. The topological polar surface area (TPSA) is 32.7 Å². The number of aliphatic hydroxyl groups excluding tert-OH is 1. The Morgan fingerprint density at radius 2 is 2.25 bits per heavy atom. The second-order valence-electron chi connectivity index (χ2n) is 5.17. The highest BCUT2D eigenvalue weighted by Crippen LogP contribution is 2.28. The molecule has 3 nitrogen and oxygen atoms in total. The average molecular weight is 273 g/mol. The summed E-state index contributed by atoms with van der Waals surface area (Å²) in [6, 6.07) is 9.10. The van der Waals surface area contributed by atoms with E-state index in [2.05, 4.69) is 34.9 Å². The highest BCUT2D eigenvalue weighted by atomic mass is 16.5. The highest BCUT2D eigenvalue weighted by Gasteiger charge is 2.28. The summed E-state index contributed by atoms with van der Waals surface area (Å²) in [4.78, 5) is 2.49. The first-order chi connectivity index (χ1) is 9.83. The molecule has 1 aromatic carbocycles. The molecular formula is C17H23NO2. The van der Waals surface area contributed by atoms with Crippen LogP contribution in [0.4, 0.5) is 0 Å². The van der Waals surface area contributed by atoms with Crippen LogP contribution in [0.1, 0.15) is 30.4 Å². The van der Waals surface area contributed by atoms with Crippen LogP contribution in [-0.4, -0.2) is 42.9 Å². The largest absolute Gasteiger partial charge is 0.395 e. The van der Waals surface area contributed by atoms with Gasteiger partial charge in [-0.05, 0) is 30.5 Å². The molecule has 1 fully saturated rings. The zero-order valence-corrected chi connectivity index (χ0v) is 12.1. The molecular weight excluding hydrogens is 250 g/mol. The third-order valence-electron chi connectivity index (χ3n) is 3.43. The normalized spacial score (nSPS) is 14.2. The smallest absolute Gasteiger partial charge is 0.0589 e. The van der Waals surface area contributed by atoms with Gasteiger partial charge in [-0.2, -0.15) is 0 Å². The first kappa shape index (κ1) is 15.1. The Morgan fingerprint density at radius 3 is 2.95 bits per heavy atom. The molecule has 1 saturated carbocycles. The number of hydrogen-bond acceptors (Lipinski definition) is 3. The molecule has 0 heterocycles. The van der Waals surface area contributed by atoms with Crippen molar-refractivity contribution in [3.63, 3.8) is 0 Å². The monoisotopic (exact) mass is 273 g/mol. The maximum atomic E-state index is 8.75. The molecule has 3 heteroatoms. The second kappa shape index (κ2) is 8.06. The average Bonchev–Trinajstić information content (AvgIpc) is 3.29. The number of aliphatic hydroxyl groups is 1. The lowest BCUT2D eigenvalue weighted by atomic mass is 10.1. The van der Waals surface area contributed by atoms with Crippen molar-refractivity contribution in [1.82, 2.24) is 4.90 Å². The molecule has 20 heavy (non-hydrogen) atoms. The van der Waals surface area contributed by atoms with Crippen LogP contribution in [0.25, 0.3) is 0 Å². The molecule has 0 bridgehead atoms. The van der Waals surface area contributed by atoms with Gasteiger partial charge in [0.1, 0.15) is 0 Å². The summed E-state index contributed by atoms with van der Waals surface area (Å²) in [6.07, 6.45) is 3.14. The maximum Gasteiger partial charge on any atom is 0.0589 e. The van der Waals surface area contributed by atoms with Crippen LogP contribution in [0.15, 0.2) is 24.3 Å². The fourth-order valence-corrected chi connectivity index (χ4v) is 2.24. The summed E-state index contributed by atoms with van der Waals surface area (Å²) in [5, 5.41) is 8.75. The molecule has 0 aromatic heterocycles. The lowest BCUT2D eigenvalue weighted by Gasteiger charge is -2.21. The SMILES string of the molecule is COCCN(Cc1cccc(C#CCCO)c1)C1CC1. The van der Waals surface area contributed by atoms with Gasteiger partial charge in [0, 0.05) is 38.2 Å². The van der Waals surface area contributed by atoms with E-state index in [0.29, 0.717) is 6.42 Å². The van der Waals surface area contributed by atoms with E-state index in [1.54, 1.807) is 7.11 Å². The third-order valence-corrected chi connectivity index (χ3v) is 3.43. The molecule has 108 valence electrons. The van der Waals surface area contributed by atoms with Gasteiger partial charge >= 0.3 is 0 Å². The predicted octanol–water partition coefficient (Wildman–Crippen LogP) is 2.03. The predicted molar refractivity (Wildman–Crippen MR) is 80.3 cm³/mol. The Kier molecular flexibility index (Phi) is 6.07. The van der Waals surface area contributed by atoms with Gasteiger partial charge in [0.25, 0.3) is 0 Å². The summed E-state index contributed by atoms with van der Waals surface area (Å²) < 4.78 is 5.19. The third kappa shape index (κ3) is 4.97. The summed E-state index contributed by atoms with van der Waals surface area (Å²) in [5.74, 6) is 6.06. The number of hydrogen-bond donors (Lipinski definition) is 1. The summed E-state index contributed by atoms with van der Waals surface area (Å²) in [7, 11) is 1.75. The molecule has 1 aromatic rings. The van der Waals surface area contributed by atoms with Crippen LogP contribution in [0.3, 0.4) is 0 Å². The molecule has 1 N–H and O–H groups in total. The van der Waals surface area contributed by atoms with E-state index in [9.17, 15) is 0 Å². The van der Waals surface area contributed by atoms with E-state index < -0.39 is 0 Å². The van der Waals surface area contributed by atoms with E-state index in [4.69, 9.17) is 9.84 Å². The summed E-state index contributed by atoms with van der Waals surface area (Å²) >= 11 is 0. The Balaban J connectivity index is 1.97. The molecule has 0 aliphatic heterocycles. The van der Waals surface area contributed by atoms with Gasteiger partial charge in [-0.1, -0.05) is 24.0 Å². The fourth-order valence-electron chi connectivity index (χ4n) is 2.24. The van der Waals surface area contributed by atoms with E-state index in [0.717, 1.165) is 31.3 Å². The quantitative estimate of drug-likeness (QED) is 0.772. The van der Waals surface area contributed by atoms with Crippen molar-refractivity contribution >= 4 is 0 Å². The molecule has 0 radical (unpaired) electrons. The highest BCUT2D eigenvalue weighted by molar-refractivity contribution is 5.37. The number of ether oxygens (including phenoxy) is 1. The van der Waals surface area contributed by atoms with Crippen molar-refractivity contribution in [2.24, 2.45) is 0 Å². The minimum atomic E-state index is 0.124. The summed E-state index contributed by atoms with van der Waals surface area (Å²) in [5.41, 5.74) is 2.32. The molecule has 1 aliphatic rings. The van der Waals surface area contributed by atoms with Gasteiger partial charge in [0.05, 0.1) is 13.2 Å². The number of rotatable bonds is 7. The Morgan fingerprint density at radius 1 is 1.40 bits per heavy atom. The van der Waals surface area contributed by atoms with E-state index in [1.165, 1.54) is 18.4 Å². The van der Waals surface area contributed by atoms with Crippen molar-refractivity contribution in [3.05, 3.63) is 35.4 Å². The molecule has 1 aliphatic carbocycles. The van der Waals surface area contributed by atoms with Crippen LogP contribution in [0.2, 0.25) is 0 Å². The second-order valence-corrected chi connectivity index (χ2v) is 5.17. The minimum Gasteiger partial charge on any atom is -0.395 e. The number of methoxy groups -OCH3 is 1. The van der Waals surface area contributed by atoms with Crippen LogP contribution in [-0.2, 0) is 11.3 Å². The van der Waals surface area contributed by atoms with Crippen LogP contribution < -0.4 is 0 Å². The van der Waals surface area contributed by atoms with Crippen molar-refractivity contribution in [3.8, 4) is 11.8 Å². The first-order valence-corrected chi connectivity index (χ1v) is 7.25. The van der Waals surface area contributed by atoms with Crippen molar-refractivity contribution in [1.29, 1.82) is 0 Å². The van der Waals surface area contributed by atoms with Crippen molar-refractivity contribution in [2.45, 2.75) is 31.8 Å². The molecule has 0 amide bonds. The number of benzene rings is 1. The Labute approximate surface area is 121 Å². The Hall–Kier alpha value is -1.34. The van der Waals surface area contributed by atoms with Gasteiger partial charge in [-0.25, -0.2) is 0 Å². The first-order valence-electron chi connectivity index (χ1n) is 7.25. The molecule has 0 unspecified atom stereocenters. The van der Waals surface area contributed by atoms with Gasteiger partial charge in [-0.15, -0.1) is 0 Å². The molecule has 0 saturated heterocycles.